The molecule has 2 rings (SSSR count). The normalized spacial score (nSPS) is 10.1. The van der Waals surface area contributed by atoms with Crippen molar-refractivity contribution >= 4 is 11.3 Å². The molecular formula is C9H5FNS. The maximum atomic E-state index is 12.5. The van der Waals surface area contributed by atoms with E-state index in [2.05, 4.69) is 11.2 Å². The molecule has 0 fully saturated rings. The van der Waals surface area contributed by atoms with Gasteiger partial charge in [-0.3, -0.25) is 0 Å². The topological polar surface area (TPSA) is 12.9 Å². The number of hydrogen-bond acceptors (Lipinski definition) is 2. The minimum absolute atomic E-state index is 0.219. The number of halogens is 1. The van der Waals surface area contributed by atoms with E-state index in [0.717, 1.165) is 10.4 Å². The quantitative estimate of drug-likeness (QED) is 0.654. The summed E-state index contributed by atoms with van der Waals surface area (Å²) in [6, 6.07) is 6.31. The highest BCUT2D eigenvalue weighted by atomic mass is 32.1. The minimum atomic E-state index is -0.219. The van der Waals surface area contributed by atoms with E-state index in [1.807, 2.05) is 0 Å². The lowest BCUT2D eigenvalue weighted by Crippen LogP contribution is -1.74. The van der Waals surface area contributed by atoms with E-state index >= 15 is 0 Å². The SMILES string of the molecule is Fc1ccc(-c2[c]ncs2)cc1. The predicted molar refractivity (Wildman–Crippen MR) is 46.3 cm³/mol. The van der Waals surface area contributed by atoms with Gasteiger partial charge in [0.25, 0.3) is 0 Å². The molecule has 0 aliphatic heterocycles. The molecule has 2 aromatic rings. The average Bonchev–Trinajstić information content (AvgIpc) is 2.58. The van der Waals surface area contributed by atoms with Gasteiger partial charge in [-0.1, -0.05) is 12.1 Å². The zero-order valence-corrected chi connectivity index (χ0v) is 6.94. The predicted octanol–water partition coefficient (Wildman–Crippen LogP) is 2.75. The Bertz CT molecular complexity index is 353. The Hall–Kier alpha value is -1.22. The molecule has 0 amide bonds. The van der Waals surface area contributed by atoms with Crippen LogP contribution in [0.15, 0.2) is 29.8 Å². The second-order valence-corrected chi connectivity index (χ2v) is 3.15. The van der Waals surface area contributed by atoms with E-state index in [0.29, 0.717) is 0 Å². The van der Waals surface area contributed by atoms with Gasteiger partial charge in [0, 0.05) is 0 Å². The second kappa shape index (κ2) is 3.03. The molecule has 0 atom stereocenters. The van der Waals surface area contributed by atoms with Gasteiger partial charge in [0.1, 0.15) is 12.0 Å². The standard InChI is InChI=1S/C9H5FNS/c10-8-3-1-7(2-4-8)9-5-11-6-12-9/h1-4,6H. The Morgan fingerprint density at radius 1 is 1.25 bits per heavy atom. The van der Waals surface area contributed by atoms with Gasteiger partial charge in [0.2, 0.25) is 0 Å². The molecule has 0 saturated carbocycles. The van der Waals surface area contributed by atoms with Crippen LogP contribution in [0.5, 0.6) is 0 Å². The van der Waals surface area contributed by atoms with Crippen LogP contribution in [0.3, 0.4) is 0 Å². The van der Waals surface area contributed by atoms with Gasteiger partial charge in [-0.05, 0) is 17.7 Å². The highest BCUT2D eigenvalue weighted by Crippen LogP contribution is 2.22. The van der Waals surface area contributed by atoms with Gasteiger partial charge in [-0.2, -0.15) is 0 Å². The van der Waals surface area contributed by atoms with E-state index in [4.69, 9.17) is 0 Å². The fourth-order valence-electron chi connectivity index (χ4n) is 0.924. The maximum Gasteiger partial charge on any atom is 0.123 e. The first-order valence-corrected chi connectivity index (χ1v) is 4.31. The molecule has 0 saturated heterocycles. The van der Waals surface area contributed by atoms with Crippen LogP contribution >= 0.6 is 11.3 Å². The van der Waals surface area contributed by atoms with Crippen molar-refractivity contribution in [2.75, 3.05) is 0 Å². The van der Waals surface area contributed by atoms with Crippen molar-refractivity contribution in [3.63, 3.8) is 0 Å². The zero-order chi connectivity index (χ0) is 8.39. The van der Waals surface area contributed by atoms with Crippen LogP contribution in [0.25, 0.3) is 10.4 Å². The lowest BCUT2D eigenvalue weighted by molar-refractivity contribution is 0.628. The second-order valence-electron chi connectivity index (χ2n) is 2.30. The molecule has 1 heterocycles. The molecule has 0 unspecified atom stereocenters. The van der Waals surface area contributed by atoms with Crippen LogP contribution in [-0.2, 0) is 0 Å². The average molecular weight is 178 g/mol. The van der Waals surface area contributed by atoms with Crippen LogP contribution in [-0.4, -0.2) is 4.98 Å². The molecule has 0 spiro atoms. The Morgan fingerprint density at radius 3 is 2.58 bits per heavy atom. The number of benzene rings is 1. The van der Waals surface area contributed by atoms with Crippen molar-refractivity contribution in [3.8, 4) is 10.4 Å². The minimum Gasteiger partial charge on any atom is -0.242 e. The largest absolute Gasteiger partial charge is 0.242 e. The third-order valence-corrected chi connectivity index (χ3v) is 2.27. The first-order chi connectivity index (χ1) is 5.86. The van der Waals surface area contributed by atoms with Gasteiger partial charge in [-0.25, -0.2) is 9.37 Å². The van der Waals surface area contributed by atoms with Crippen molar-refractivity contribution in [1.82, 2.24) is 4.98 Å². The highest BCUT2D eigenvalue weighted by Gasteiger charge is 1.98. The van der Waals surface area contributed by atoms with Gasteiger partial charge in [0.15, 0.2) is 0 Å². The number of thiazole rings is 1. The summed E-state index contributed by atoms with van der Waals surface area (Å²) in [6.07, 6.45) is 2.82. The van der Waals surface area contributed by atoms with Crippen molar-refractivity contribution in [3.05, 3.63) is 41.8 Å². The lowest BCUT2D eigenvalue weighted by atomic mass is 10.2. The lowest BCUT2D eigenvalue weighted by Gasteiger charge is -1.93. The molecular weight excluding hydrogens is 173 g/mol. The molecule has 1 aromatic carbocycles. The van der Waals surface area contributed by atoms with Gasteiger partial charge < -0.3 is 0 Å². The van der Waals surface area contributed by atoms with Crippen LogP contribution in [0, 0.1) is 12.0 Å². The third-order valence-electron chi connectivity index (χ3n) is 1.50. The van der Waals surface area contributed by atoms with Crippen molar-refractivity contribution < 1.29 is 4.39 Å². The van der Waals surface area contributed by atoms with Crippen molar-refractivity contribution in [2.24, 2.45) is 0 Å². The van der Waals surface area contributed by atoms with E-state index in [-0.39, 0.29) is 5.82 Å². The summed E-state index contributed by atoms with van der Waals surface area (Å²) >= 11 is 1.49. The van der Waals surface area contributed by atoms with Crippen molar-refractivity contribution in [1.29, 1.82) is 0 Å². The van der Waals surface area contributed by atoms with E-state index in [1.165, 1.54) is 23.5 Å². The fraction of sp³-hybridized carbons (Fsp3) is 0. The van der Waals surface area contributed by atoms with E-state index < -0.39 is 0 Å². The Labute approximate surface area is 73.5 Å². The first-order valence-electron chi connectivity index (χ1n) is 3.43. The van der Waals surface area contributed by atoms with Gasteiger partial charge >= 0.3 is 0 Å². The zero-order valence-electron chi connectivity index (χ0n) is 6.12. The number of aromatic nitrogens is 1. The summed E-state index contributed by atoms with van der Waals surface area (Å²) in [4.78, 5) is 4.76. The Balaban J connectivity index is 2.43. The van der Waals surface area contributed by atoms with Crippen LogP contribution in [0.4, 0.5) is 4.39 Å². The molecule has 1 nitrogen and oxygen atoms in total. The maximum absolute atomic E-state index is 12.5. The van der Waals surface area contributed by atoms with Crippen LogP contribution in [0.1, 0.15) is 0 Å². The van der Waals surface area contributed by atoms with Crippen LogP contribution < -0.4 is 0 Å². The molecule has 0 aliphatic carbocycles. The molecule has 59 valence electrons. The fourth-order valence-corrected chi connectivity index (χ4v) is 1.51. The number of hydrogen-bond donors (Lipinski definition) is 0. The Morgan fingerprint density at radius 2 is 2.00 bits per heavy atom. The first kappa shape index (κ1) is 7.43. The third kappa shape index (κ3) is 1.36. The van der Waals surface area contributed by atoms with Gasteiger partial charge in [-0.15, -0.1) is 11.3 Å². The monoisotopic (exact) mass is 178 g/mol. The summed E-state index contributed by atoms with van der Waals surface area (Å²) in [6.45, 7) is 0. The summed E-state index contributed by atoms with van der Waals surface area (Å²) in [5, 5.41) is 0. The molecule has 0 N–H and O–H groups in total. The van der Waals surface area contributed by atoms with Crippen LogP contribution in [0.2, 0.25) is 0 Å². The number of rotatable bonds is 1. The molecule has 1 radical (unpaired) electrons. The molecule has 12 heavy (non-hydrogen) atoms. The van der Waals surface area contributed by atoms with E-state index in [9.17, 15) is 4.39 Å². The van der Waals surface area contributed by atoms with Crippen molar-refractivity contribution in [2.45, 2.75) is 0 Å². The Kier molecular flexibility index (Phi) is 1.87. The summed E-state index contributed by atoms with van der Waals surface area (Å²) in [7, 11) is 0. The van der Waals surface area contributed by atoms with E-state index in [1.54, 1.807) is 17.6 Å². The number of nitrogens with zero attached hydrogens (tertiary/aromatic N) is 1. The molecule has 3 heteroatoms. The molecule has 0 bridgehead atoms. The smallest absolute Gasteiger partial charge is 0.123 e. The summed E-state index contributed by atoms with van der Waals surface area (Å²) < 4.78 is 12.5. The highest BCUT2D eigenvalue weighted by molar-refractivity contribution is 7.13. The molecule has 0 aliphatic rings. The summed E-state index contributed by atoms with van der Waals surface area (Å²) in [5.41, 5.74) is 2.66. The summed E-state index contributed by atoms with van der Waals surface area (Å²) in [5.74, 6) is -0.219. The van der Waals surface area contributed by atoms with Gasteiger partial charge in [0.05, 0.1) is 10.4 Å². The molecule has 1 aromatic heterocycles.